The first kappa shape index (κ1) is 17.0. The van der Waals surface area contributed by atoms with E-state index in [9.17, 15) is 8.42 Å². The Morgan fingerprint density at radius 1 is 0.760 bits per heavy atom. The van der Waals surface area contributed by atoms with Gasteiger partial charge in [0.05, 0.1) is 4.90 Å². The Bertz CT molecular complexity index is 981. The normalized spacial score (nSPS) is 11.1. The van der Waals surface area contributed by atoms with Crippen molar-refractivity contribution in [1.82, 2.24) is 0 Å². The van der Waals surface area contributed by atoms with Crippen molar-refractivity contribution in [3.05, 3.63) is 83.9 Å². The first-order valence-corrected chi connectivity index (χ1v) is 9.44. The van der Waals surface area contributed by atoms with Crippen molar-refractivity contribution in [3.8, 4) is 0 Å². The predicted molar refractivity (Wildman–Crippen MR) is 103 cm³/mol. The van der Waals surface area contributed by atoms with E-state index in [0.29, 0.717) is 5.69 Å². The standard InChI is InChI=1S/C20H20N2O2S/c1-15-6-5-8-19(14-15)25(23,24)22-18-12-10-17(11-13-18)21-20-9-4-3-7-16(20)2/h3-14,21-22H,1-2H3. The highest BCUT2D eigenvalue weighted by molar-refractivity contribution is 7.92. The second kappa shape index (κ2) is 6.99. The summed E-state index contributed by atoms with van der Waals surface area (Å²) in [6, 6.07) is 22.0. The molecule has 0 aliphatic rings. The van der Waals surface area contributed by atoms with E-state index in [1.54, 1.807) is 30.3 Å². The highest BCUT2D eigenvalue weighted by atomic mass is 32.2. The molecule has 2 N–H and O–H groups in total. The molecule has 0 saturated carbocycles. The molecule has 0 aromatic heterocycles. The molecular formula is C20H20N2O2S. The number of para-hydroxylation sites is 1. The molecule has 0 aliphatic heterocycles. The number of anilines is 3. The molecule has 3 rings (SSSR count). The van der Waals surface area contributed by atoms with E-state index >= 15 is 0 Å². The summed E-state index contributed by atoms with van der Waals surface area (Å²) in [7, 11) is -3.58. The fourth-order valence-corrected chi connectivity index (χ4v) is 3.65. The zero-order valence-corrected chi connectivity index (χ0v) is 15.0. The lowest BCUT2D eigenvalue weighted by atomic mass is 10.2. The third kappa shape index (κ3) is 4.19. The fourth-order valence-electron chi connectivity index (χ4n) is 2.49. The van der Waals surface area contributed by atoms with E-state index in [2.05, 4.69) is 10.0 Å². The van der Waals surface area contributed by atoms with Gasteiger partial charge < -0.3 is 5.32 Å². The third-order valence-electron chi connectivity index (χ3n) is 3.86. The minimum absolute atomic E-state index is 0.259. The van der Waals surface area contributed by atoms with E-state index in [0.717, 1.165) is 22.5 Å². The maximum absolute atomic E-state index is 12.4. The van der Waals surface area contributed by atoms with E-state index in [1.807, 2.05) is 56.3 Å². The van der Waals surface area contributed by atoms with Crippen LogP contribution in [0.3, 0.4) is 0 Å². The second-order valence-corrected chi connectivity index (χ2v) is 7.62. The zero-order valence-electron chi connectivity index (χ0n) is 14.2. The van der Waals surface area contributed by atoms with Crippen LogP contribution in [0.4, 0.5) is 17.1 Å². The van der Waals surface area contributed by atoms with Crippen molar-refractivity contribution < 1.29 is 8.42 Å². The Hall–Kier alpha value is -2.79. The van der Waals surface area contributed by atoms with Crippen LogP contribution in [0.1, 0.15) is 11.1 Å². The first-order chi connectivity index (χ1) is 11.9. The highest BCUT2D eigenvalue weighted by Gasteiger charge is 2.14. The van der Waals surface area contributed by atoms with Crippen molar-refractivity contribution in [2.24, 2.45) is 0 Å². The highest BCUT2D eigenvalue weighted by Crippen LogP contribution is 2.23. The summed E-state index contributed by atoms with van der Waals surface area (Å²) in [5, 5.41) is 3.32. The molecule has 0 atom stereocenters. The molecule has 0 spiro atoms. The summed E-state index contributed by atoms with van der Waals surface area (Å²) in [6.45, 7) is 3.90. The largest absolute Gasteiger partial charge is 0.355 e. The molecule has 3 aromatic carbocycles. The van der Waals surface area contributed by atoms with Gasteiger partial charge in [-0.3, -0.25) is 4.72 Å². The smallest absolute Gasteiger partial charge is 0.261 e. The van der Waals surface area contributed by atoms with Crippen molar-refractivity contribution >= 4 is 27.1 Å². The SMILES string of the molecule is Cc1cccc(S(=O)(=O)Nc2ccc(Nc3ccccc3C)cc2)c1. The summed E-state index contributed by atoms with van der Waals surface area (Å²) in [4.78, 5) is 0.259. The molecule has 0 radical (unpaired) electrons. The Balaban J connectivity index is 1.75. The van der Waals surface area contributed by atoms with Crippen molar-refractivity contribution in [2.45, 2.75) is 18.7 Å². The van der Waals surface area contributed by atoms with Crippen LogP contribution in [-0.2, 0) is 10.0 Å². The van der Waals surface area contributed by atoms with Gasteiger partial charge in [-0.05, 0) is 67.4 Å². The first-order valence-electron chi connectivity index (χ1n) is 7.96. The van der Waals surface area contributed by atoms with E-state index in [-0.39, 0.29) is 4.90 Å². The quantitative estimate of drug-likeness (QED) is 0.690. The lowest BCUT2D eigenvalue weighted by Gasteiger charge is -2.11. The van der Waals surface area contributed by atoms with Crippen molar-refractivity contribution in [1.29, 1.82) is 0 Å². The summed E-state index contributed by atoms with van der Waals surface area (Å²) < 4.78 is 27.5. The Labute approximate surface area is 148 Å². The lowest BCUT2D eigenvalue weighted by molar-refractivity contribution is 0.601. The fraction of sp³-hybridized carbons (Fsp3) is 0.100. The van der Waals surface area contributed by atoms with Gasteiger partial charge in [-0.1, -0.05) is 30.3 Å². The zero-order chi connectivity index (χ0) is 17.9. The second-order valence-electron chi connectivity index (χ2n) is 5.94. The van der Waals surface area contributed by atoms with Crippen LogP contribution in [-0.4, -0.2) is 8.42 Å². The molecule has 3 aromatic rings. The van der Waals surface area contributed by atoms with E-state index in [4.69, 9.17) is 0 Å². The molecule has 128 valence electrons. The maximum atomic E-state index is 12.4. The molecule has 5 heteroatoms. The van der Waals surface area contributed by atoms with E-state index in [1.165, 1.54) is 0 Å². The molecule has 0 bridgehead atoms. The Kier molecular flexibility index (Phi) is 4.76. The van der Waals surface area contributed by atoms with Crippen LogP contribution in [0.5, 0.6) is 0 Å². The van der Waals surface area contributed by atoms with Crippen LogP contribution < -0.4 is 10.0 Å². The number of aryl methyl sites for hydroxylation is 2. The number of nitrogens with one attached hydrogen (secondary N) is 2. The van der Waals surface area contributed by atoms with Gasteiger partial charge in [-0.25, -0.2) is 8.42 Å². The van der Waals surface area contributed by atoms with E-state index < -0.39 is 10.0 Å². The third-order valence-corrected chi connectivity index (χ3v) is 5.24. The molecule has 4 nitrogen and oxygen atoms in total. The molecule has 25 heavy (non-hydrogen) atoms. The van der Waals surface area contributed by atoms with Crippen LogP contribution in [0.25, 0.3) is 0 Å². The summed E-state index contributed by atoms with van der Waals surface area (Å²) in [6.07, 6.45) is 0. The lowest BCUT2D eigenvalue weighted by Crippen LogP contribution is -2.13. The average Bonchev–Trinajstić information content (AvgIpc) is 2.58. The van der Waals surface area contributed by atoms with Gasteiger partial charge in [0.25, 0.3) is 10.0 Å². The number of hydrogen-bond donors (Lipinski definition) is 2. The number of benzene rings is 3. The van der Waals surface area contributed by atoms with Gasteiger partial charge in [0, 0.05) is 17.1 Å². The van der Waals surface area contributed by atoms with Crippen LogP contribution in [0.2, 0.25) is 0 Å². The van der Waals surface area contributed by atoms with Crippen LogP contribution in [0, 0.1) is 13.8 Å². The molecule has 0 aliphatic carbocycles. The van der Waals surface area contributed by atoms with Gasteiger partial charge in [0.1, 0.15) is 0 Å². The Morgan fingerprint density at radius 2 is 1.44 bits per heavy atom. The van der Waals surface area contributed by atoms with Crippen molar-refractivity contribution in [2.75, 3.05) is 10.0 Å². The number of hydrogen-bond acceptors (Lipinski definition) is 3. The van der Waals surface area contributed by atoms with Crippen LogP contribution in [0.15, 0.2) is 77.7 Å². The minimum atomic E-state index is -3.58. The van der Waals surface area contributed by atoms with Crippen molar-refractivity contribution in [3.63, 3.8) is 0 Å². The van der Waals surface area contributed by atoms with Gasteiger partial charge in [0.2, 0.25) is 0 Å². The Morgan fingerprint density at radius 3 is 2.12 bits per heavy atom. The average molecular weight is 352 g/mol. The van der Waals surface area contributed by atoms with Gasteiger partial charge in [-0.15, -0.1) is 0 Å². The minimum Gasteiger partial charge on any atom is -0.355 e. The summed E-state index contributed by atoms with van der Waals surface area (Å²) >= 11 is 0. The summed E-state index contributed by atoms with van der Waals surface area (Å²) in [5.41, 5.74) is 4.49. The summed E-state index contributed by atoms with van der Waals surface area (Å²) in [5.74, 6) is 0. The molecule has 0 heterocycles. The molecule has 0 saturated heterocycles. The van der Waals surface area contributed by atoms with Gasteiger partial charge in [0.15, 0.2) is 0 Å². The molecule has 0 amide bonds. The molecule has 0 unspecified atom stereocenters. The number of rotatable bonds is 5. The number of sulfonamides is 1. The molecular weight excluding hydrogens is 332 g/mol. The van der Waals surface area contributed by atoms with Gasteiger partial charge in [-0.2, -0.15) is 0 Å². The molecule has 0 fully saturated rings. The monoisotopic (exact) mass is 352 g/mol. The van der Waals surface area contributed by atoms with Crippen LogP contribution >= 0.6 is 0 Å². The van der Waals surface area contributed by atoms with Gasteiger partial charge >= 0.3 is 0 Å². The predicted octanol–water partition coefficient (Wildman–Crippen LogP) is 4.85. The topological polar surface area (TPSA) is 58.2 Å². The maximum Gasteiger partial charge on any atom is 0.261 e.